The molecule has 2 aromatic carbocycles. The van der Waals surface area contributed by atoms with E-state index in [4.69, 9.17) is 9.47 Å². The van der Waals surface area contributed by atoms with Gasteiger partial charge >= 0.3 is 12.4 Å². The summed E-state index contributed by atoms with van der Waals surface area (Å²) in [5, 5.41) is 2.98. The van der Waals surface area contributed by atoms with Crippen LogP contribution in [0, 0.1) is 11.7 Å². The Morgan fingerprint density at radius 3 is 2.08 bits per heavy atom. The number of ether oxygens (including phenoxy) is 2. The van der Waals surface area contributed by atoms with Crippen molar-refractivity contribution >= 4 is 5.91 Å². The summed E-state index contributed by atoms with van der Waals surface area (Å²) < 4.78 is 104. The van der Waals surface area contributed by atoms with Crippen LogP contribution in [0.25, 0.3) is 0 Å². The van der Waals surface area contributed by atoms with Crippen LogP contribution in [-0.2, 0) is 33.2 Å². The van der Waals surface area contributed by atoms with Gasteiger partial charge in [0.1, 0.15) is 11.9 Å². The molecule has 1 heterocycles. The highest BCUT2D eigenvalue weighted by atomic mass is 19.4. The Bertz CT molecular complexity index is 1100. The van der Waals surface area contributed by atoms with Crippen molar-refractivity contribution in [2.75, 3.05) is 7.11 Å². The van der Waals surface area contributed by atoms with E-state index >= 15 is 0 Å². The number of carbonyl (C=O) groups excluding carboxylic acids is 1. The maximum Gasteiger partial charge on any atom is 0.416 e. The molecule has 0 spiro atoms. The third-order valence-corrected chi connectivity index (χ3v) is 7.38. The summed E-state index contributed by atoms with van der Waals surface area (Å²) in [5.41, 5.74) is -3.08. The van der Waals surface area contributed by atoms with Crippen molar-refractivity contribution in [1.82, 2.24) is 5.32 Å². The maximum atomic E-state index is 13.6. The van der Waals surface area contributed by atoms with Crippen LogP contribution < -0.4 is 5.32 Å². The molecule has 0 aromatic heterocycles. The van der Waals surface area contributed by atoms with Crippen LogP contribution >= 0.6 is 0 Å². The zero-order valence-corrected chi connectivity index (χ0v) is 20.0. The largest absolute Gasteiger partial charge is 0.416 e. The average Bonchev–Trinajstić information content (AvgIpc) is 3.38. The summed E-state index contributed by atoms with van der Waals surface area (Å²) in [6, 6.07) is 7.08. The molecular formula is C26H26F7NO3. The topological polar surface area (TPSA) is 47.6 Å². The fraction of sp³-hybridized carbons (Fsp3) is 0.500. The summed E-state index contributed by atoms with van der Waals surface area (Å²) in [6.45, 7) is 1.39. The second-order valence-electron chi connectivity index (χ2n) is 9.86. The number of benzene rings is 2. The van der Waals surface area contributed by atoms with E-state index in [0.717, 1.165) is 0 Å². The lowest BCUT2D eigenvalue weighted by Gasteiger charge is -2.37. The maximum absolute atomic E-state index is 13.6. The van der Waals surface area contributed by atoms with Gasteiger partial charge in [-0.3, -0.25) is 4.79 Å². The second-order valence-corrected chi connectivity index (χ2v) is 9.86. The monoisotopic (exact) mass is 533 g/mol. The van der Waals surface area contributed by atoms with E-state index in [2.05, 4.69) is 5.32 Å². The van der Waals surface area contributed by atoms with Crippen molar-refractivity contribution in [2.45, 2.75) is 68.8 Å². The highest BCUT2D eigenvalue weighted by Crippen LogP contribution is 2.50. The van der Waals surface area contributed by atoms with Crippen molar-refractivity contribution < 1.29 is 45.0 Å². The molecule has 1 saturated carbocycles. The van der Waals surface area contributed by atoms with Crippen LogP contribution in [0.5, 0.6) is 0 Å². The number of methoxy groups -OCH3 is 1. The molecule has 37 heavy (non-hydrogen) atoms. The minimum Gasteiger partial charge on any atom is -0.373 e. The number of rotatable bonds is 6. The first-order valence-electron chi connectivity index (χ1n) is 11.7. The zero-order chi connectivity index (χ0) is 27.2. The molecule has 11 heteroatoms. The molecule has 1 aliphatic heterocycles. The summed E-state index contributed by atoms with van der Waals surface area (Å²) >= 11 is 0. The standard InChI is InChI=1S/C26H26F7NO3/c1-24(12-21(36-2)23(35)34-24)19-7-8-20(22(19)15-3-5-18(27)6-4-15)37-13-14-9-16(25(28,29)30)11-17(10-14)26(31,32)33/h3-6,9-11,19-22H,7-8,12-13H2,1-2H3,(H,34,35)/t19-,20+,21-,22+,24+/m1/s1. The van der Waals surface area contributed by atoms with Gasteiger partial charge in [0.15, 0.2) is 0 Å². The molecule has 0 unspecified atom stereocenters. The van der Waals surface area contributed by atoms with Crippen LogP contribution in [0.1, 0.15) is 54.4 Å². The molecule has 4 nitrogen and oxygen atoms in total. The number of carbonyl (C=O) groups is 1. The van der Waals surface area contributed by atoms with E-state index in [1.165, 1.54) is 19.2 Å². The highest BCUT2D eigenvalue weighted by molar-refractivity contribution is 5.84. The minimum absolute atomic E-state index is 0.0756. The molecule has 1 N–H and O–H groups in total. The molecule has 2 fully saturated rings. The number of amides is 1. The quantitative estimate of drug-likeness (QED) is 0.448. The summed E-state index contributed by atoms with van der Waals surface area (Å²) in [7, 11) is 1.43. The lowest BCUT2D eigenvalue weighted by molar-refractivity contribution is -0.143. The van der Waals surface area contributed by atoms with E-state index in [1.54, 1.807) is 12.1 Å². The molecule has 1 aliphatic carbocycles. The van der Waals surface area contributed by atoms with Crippen molar-refractivity contribution in [2.24, 2.45) is 5.92 Å². The number of hydrogen-bond donors (Lipinski definition) is 1. The first-order valence-corrected chi connectivity index (χ1v) is 11.7. The molecule has 2 aliphatic rings. The predicted octanol–water partition coefficient (Wildman–Crippen LogP) is 6.24. The Labute approximate surface area is 209 Å². The van der Waals surface area contributed by atoms with Crippen molar-refractivity contribution in [3.05, 3.63) is 70.5 Å². The molecule has 4 rings (SSSR count). The molecule has 1 saturated heterocycles. The molecule has 0 bridgehead atoms. The van der Waals surface area contributed by atoms with Gasteiger partial charge in [0.05, 0.1) is 23.8 Å². The van der Waals surface area contributed by atoms with Crippen LogP contribution in [0.4, 0.5) is 30.7 Å². The summed E-state index contributed by atoms with van der Waals surface area (Å²) in [4.78, 5) is 12.4. The first-order chi connectivity index (χ1) is 17.2. The smallest absolute Gasteiger partial charge is 0.373 e. The van der Waals surface area contributed by atoms with Crippen LogP contribution in [0.3, 0.4) is 0 Å². The van der Waals surface area contributed by atoms with Gasteiger partial charge in [-0.05, 0) is 67.1 Å². The van der Waals surface area contributed by atoms with Gasteiger partial charge in [0, 0.05) is 25.0 Å². The molecule has 202 valence electrons. The average molecular weight is 533 g/mol. The Balaban J connectivity index is 1.63. The highest BCUT2D eigenvalue weighted by Gasteiger charge is 2.53. The number of halogens is 7. The Morgan fingerprint density at radius 2 is 1.57 bits per heavy atom. The first kappa shape index (κ1) is 27.4. The fourth-order valence-electron chi connectivity index (χ4n) is 5.63. The van der Waals surface area contributed by atoms with Gasteiger partial charge in [-0.2, -0.15) is 26.3 Å². The predicted molar refractivity (Wildman–Crippen MR) is 119 cm³/mol. The van der Waals surface area contributed by atoms with Gasteiger partial charge in [0.25, 0.3) is 0 Å². The van der Waals surface area contributed by atoms with Gasteiger partial charge < -0.3 is 14.8 Å². The lowest BCUT2D eigenvalue weighted by Crippen LogP contribution is -2.47. The molecular weight excluding hydrogens is 507 g/mol. The zero-order valence-electron chi connectivity index (χ0n) is 20.0. The number of hydrogen-bond acceptors (Lipinski definition) is 3. The van der Waals surface area contributed by atoms with Crippen LogP contribution in [0.2, 0.25) is 0 Å². The SMILES string of the molecule is CO[C@@H]1C[C@@](C)([C@@H]2CC[C@H](OCc3cc(C(F)(F)F)cc(C(F)(F)F)c3)[C@H]2c2ccc(F)cc2)NC1=O. The van der Waals surface area contributed by atoms with Crippen molar-refractivity contribution in [3.8, 4) is 0 Å². The van der Waals surface area contributed by atoms with E-state index < -0.39 is 59.6 Å². The summed E-state index contributed by atoms with van der Waals surface area (Å²) in [6.07, 6.45) is -9.77. The molecule has 2 aromatic rings. The Kier molecular flexibility index (Phi) is 7.33. The molecule has 1 amide bonds. The lowest BCUT2D eigenvalue weighted by atomic mass is 9.74. The summed E-state index contributed by atoms with van der Waals surface area (Å²) in [5.74, 6) is -1.32. The van der Waals surface area contributed by atoms with E-state index in [9.17, 15) is 35.5 Å². The van der Waals surface area contributed by atoms with Gasteiger partial charge in [0.2, 0.25) is 5.91 Å². The van der Waals surface area contributed by atoms with Crippen LogP contribution in [0.15, 0.2) is 42.5 Å². The third kappa shape index (κ3) is 5.77. The van der Waals surface area contributed by atoms with Crippen molar-refractivity contribution in [3.63, 3.8) is 0 Å². The minimum atomic E-state index is -4.96. The van der Waals surface area contributed by atoms with Crippen LogP contribution in [-0.4, -0.2) is 30.8 Å². The van der Waals surface area contributed by atoms with E-state index in [0.29, 0.717) is 37.0 Å². The van der Waals surface area contributed by atoms with E-state index in [1.807, 2.05) is 6.92 Å². The Hall–Kier alpha value is -2.66. The van der Waals surface area contributed by atoms with E-state index in [-0.39, 0.29) is 23.5 Å². The normalized spacial score (nSPS) is 28.5. The van der Waals surface area contributed by atoms with Gasteiger partial charge in [-0.25, -0.2) is 4.39 Å². The number of alkyl halides is 6. The number of nitrogens with one attached hydrogen (secondary N) is 1. The molecule has 0 radical (unpaired) electrons. The van der Waals surface area contributed by atoms with Gasteiger partial charge in [-0.1, -0.05) is 12.1 Å². The fourth-order valence-corrected chi connectivity index (χ4v) is 5.63. The van der Waals surface area contributed by atoms with Crippen molar-refractivity contribution in [1.29, 1.82) is 0 Å². The van der Waals surface area contributed by atoms with Gasteiger partial charge in [-0.15, -0.1) is 0 Å². The third-order valence-electron chi connectivity index (χ3n) is 7.38. The Morgan fingerprint density at radius 1 is 0.973 bits per heavy atom. The molecule has 5 atom stereocenters. The second kappa shape index (κ2) is 9.90.